The van der Waals surface area contributed by atoms with Crippen LogP contribution in [-0.2, 0) is 0 Å². The zero-order valence-corrected chi connectivity index (χ0v) is 29.1. The Morgan fingerprint density at radius 1 is 0.439 bits per heavy atom. The summed E-state index contributed by atoms with van der Waals surface area (Å²) in [6.07, 6.45) is 0. The van der Waals surface area contributed by atoms with Gasteiger partial charge in [0.2, 0.25) is 5.95 Å². The number of furan rings is 1. The van der Waals surface area contributed by atoms with E-state index in [2.05, 4.69) is 0 Å². The molecule has 0 saturated carbocycles. The highest BCUT2D eigenvalue weighted by Gasteiger charge is 2.28. The van der Waals surface area contributed by atoms with E-state index in [1.54, 1.807) is 34.9 Å². The molecule has 0 aliphatic heterocycles. The Hall–Kier alpha value is -7.83. The third-order valence-electron chi connectivity index (χ3n) is 9.96. The first-order valence-electron chi connectivity index (χ1n) is 26.7. The van der Waals surface area contributed by atoms with E-state index in [4.69, 9.17) is 33.1 Å². The second-order valence-corrected chi connectivity index (χ2v) is 13.0. The first kappa shape index (κ1) is 18.7. The van der Waals surface area contributed by atoms with Crippen LogP contribution < -0.4 is 0 Å². The molecule has 4 heterocycles. The number of rotatable bonds is 5. The summed E-state index contributed by atoms with van der Waals surface area (Å²) in [6.45, 7) is 0. The van der Waals surface area contributed by atoms with E-state index in [1.165, 1.54) is 0 Å². The van der Waals surface area contributed by atoms with Gasteiger partial charge in [0.05, 0.1) is 63.4 Å². The van der Waals surface area contributed by atoms with Crippen LogP contribution in [0.2, 0.25) is 0 Å². The zero-order chi connectivity index (χ0) is 53.1. The van der Waals surface area contributed by atoms with Gasteiger partial charge in [0.1, 0.15) is 11.2 Å². The summed E-state index contributed by atoms with van der Waals surface area (Å²) in [5.41, 5.74) is -2.54. The molecule has 0 N–H and O–H groups in total. The SMILES string of the molecule is [2H]c1c([2H])c([2H])c(-c2c(-c3nc(-c4ccccc4)nc(-n4c5ccccc5c5ccccc54)n3)c(-n3c4c([2H])c([2H])c([2H])c([2H])c4c4c([2H])c([2H])c([2H])c([2H])c43)c3c(oc4c([2H])c([2H])c([2H])c([2H])c43)c2[2H])c([2H])c1[2H]. The predicted molar refractivity (Wildman–Crippen MR) is 232 cm³/mol. The minimum Gasteiger partial charge on any atom is -0.456 e. The van der Waals surface area contributed by atoms with E-state index in [0.29, 0.717) is 16.6 Å². The first-order valence-corrected chi connectivity index (χ1v) is 17.7. The number of aromatic nitrogens is 5. The van der Waals surface area contributed by atoms with Crippen molar-refractivity contribution in [2.45, 2.75) is 0 Å². The molecular weight excluding hydrogens is 699 g/mol. The predicted octanol–water partition coefficient (Wildman–Crippen LogP) is 13.0. The van der Waals surface area contributed by atoms with Crippen molar-refractivity contribution in [3.8, 4) is 45.5 Å². The highest BCUT2D eigenvalue weighted by molar-refractivity contribution is 6.18. The molecule has 0 radical (unpaired) electrons. The summed E-state index contributed by atoms with van der Waals surface area (Å²) in [7, 11) is 0. The average Bonchev–Trinajstić information content (AvgIpc) is 4.13. The number of fused-ring (bicyclic) bond motifs is 9. The minimum atomic E-state index is -0.840. The molecule has 0 atom stereocenters. The van der Waals surface area contributed by atoms with Crippen LogP contribution in [0.25, 0.3) is 111 Å². The van der Waals surface area contributed by atoms with Gasteiger partial charge in [-0.3, -0.25) is 4.57 Å². The van der Waals surface area contributed by atoms with Crippen molar-refractivity contribution in [3.63, 3.8) is 0 Å². The molecule has 6 nitrogen and oxygen atoms in total. The van der Waals surface area contributed by atoms with Gasteiger partial charge in [-0.15, -0.1) is 0 Å². The lowest BCUT2D eigenvalue weighted by atomic mass is 9.94. The maximum Gasteiger partial charge on any atom is 0.238 e. The molecule has 0 bridgehead atoms. The first-order chi connectivity index (χ1) is 35.8. The Bertz CT molecular complexity index is 4430. The fourth-order valence-electron chi connectivity index (χ4n) is 7.63. The Labute approximate surface area is 351 Å². The summed E-state index contributed by atoms with van der Waals surface area (Å²) in [4.78, 5) is 15.2. The second kappa shape index (κ2) is 12.3. The van der Waals surface area contributed by atoms with Crippen LogP contribution in [0.5, 0.6) is 0 Å². The Kier molecular flexibility index (Phi) is 4.04. The largest absolute Gasteiger partial charge is 0.456 e. The van der Waals surface area contributed by atoms with Crippen LogP contribution in [-0.4, -0.2) is 24.1 Å². The van der Waals surface area contributed by atoms with E-state index < -0.39 is 175 Å². The second-order valence-electron chi connectivity index (χ2n) is 13.0. The third kappa shape index (κ3) is 4.74. The van der Waals surface area contributed by atoms with E-state index in [9.17, 15) is 11.0 Å². The molecule has 0 amide bonds. The Balaban J connectivity index is 1.45. The maximum absolute atomic E-state index is 10.2. The molecule has 0 spiro atoms. The zero-order valence-electron chi connectivity index (χ0n) is 47.1. The van der Waals surface area contributed by atoms with E-state index in [-0.39, 0.29) is 17.2 Å². The molecule has 12 rings (SSSR count). The third-order valence-corrected chi connectivity index (χ3v) is 9.96. The van der Waals surface area contributed by atoms with Crippen LogP contribution in [0.4, 0.5) is 0 Å². The summed E-state index contributed by atoms with van der Waals surface area (Å²) in [5.74, 6) is -0.516. The van der Waals surface area contributed by atoms with E-state index in [0.717, 1.165) is 15.3 Å². The Morgan fingerprint density at radius 3 is 1.72 bits per heavy atom. The molecule has 8 aromatic carbocycles. The topological polar surface area (TPSA) is 61.7 Å². The van der Waals surface area contributed by atoms with Gasteiger partial charge in [0.25, 0.3) is 0 Å². The van der Waals surface area contributed by atoms with E-state index in [1.807, 2.05) is 48.5 Å². The fourth-order valence-corrected chi connectivity index (χ4v) is 7.63. The minimum absolute atomic E-state index is 0.0212. The summed E-state index contributed by atoms with van der Waals surface area (Å²) in [6, 6.07) is 9.39. The van der Waals surface area contributed by atoms with Crippen molar-refractivity contribution in [2.75, 3.05) is 0 Å². The van der Waals surface area contributed by atoms with Crippen molar-refractivity contribution in [3.05, 3.63) is 188 Å². The highest BCUT2D eigenvalue weighted by Crippen LogP contribution is 2.47. The number of para-hydroxylation sites is 5. The lowest BCUT2D eigenvalue weighted by Crippen LogP contribution is -2.09. The van der Waals surface area contributed by atoms with Gasteiger partial charge in [0, 0.05) is 32.5 Å². The fraction of sp³-hybridized carbons (Fsp3) is 0. The molecule has 12 aromatic rings. The Morgan fingerprint density at radius 2 is 1.02 bits per heavy atom. The summed E-state index contributed by atoms with van der Waals surface area (Å²) in [5, 5.41) is 0.000666. The molecule has 57 heavy (non-hydrogen) atoms. The molecule has 6 heteroatoms. The van der Waals surface area contributed by atoms with Crippen molar-refractivity contribution < 1.29 is 29.1 Å². The molecular formula is C51H31N5O. The number of hydrogen-bond acceptors (Lipinski definition) is 4. The van der Waals surface area contributed by atoms with Gasteiger partial charge < -0.3 is 8.98 Å². The molecule has 0 saturated heterocycles. The molecule has 0 unspecified atom stereocenters. The van der Waals surface area contributed by atoms with Gasteiger partial charge >= 0.3 is 0 Å². The molecule has 0 fully saturated rings. The molecule has 0 aliphatic carbocycles. The average molecular weight is 748 g/mol. The van der Waals surface area contributed by atoms with Gasteiger partial charge in [0.15, 0.2) is 11.6 Å². The summed E-state index contributed by atoms with van der Waals surface area (Å²) < 4.78 is 174. The number of hydrogen-bond donors (Lipinski definition) is 0. The van der Waals surface area contributed by atoms with Crippen molar-refractivity contribution in [1.82, 2.24) is 24.1 Å². The lowest BCUT2D eigenvalue weighted by molar-refractivity contribution is 0.669. The standard InChI is InChI=1S/C51H31N5O/c1-3-17-32(18-4-1)39-31-45-46(38-25-11-16-30-44(38)57-45)48(55-40-26-12-7-21-34(40)35-22-8-13-27-41(35)55)47(39)50-52-49(33-19-5-2-6-20-33)53-51(54-50)56-42-28-14-9-23-36(42)37-24-10-15-29-43(37)56/h1-31H/i1D,3D,4D,7D,8D,11D,12D,13D,16D,17D,18D,21D,22D,25D,26D,27D,30D,31D. The quantitative estimate of drug-likeness (QED) is 0.176. The summed E-state index contributed by atoms with van der Waals surface area (Å²) >= 11 is 0. The van der Waals surface area contributed by atoms with Crippen LogP contribution in [0.1, 0.15) is 24.7 Å². The molecule has 0 aliphatic rings. The molecule has 266 valence electrons. The van der Waals surface area contributed by atoms with E-state index >= 15 is 0 Å². The molecule has 4 aromatic heterocycles. The highest BCUT2D eigenvalue weighted by atomic mass is 16.3. The van der Waals surface area contributed by atoms with Crippen LogP contribution in [0.15, 0.2) is 192 Å². The van der Waals surface area contributed by atoms with Crippen LogP contribution in [0.3, 0.4) is 0 Å². The maximum atomic E-state index is 10.2. The van der Waals surface area contributed by atoms with Gasteiger partial charge in [-0.2, -0.15) is 9.97 Å². The van der Waals surface area contributed by atoms with Crippen LogP contribution >= 0.6 is 0 Å². The lowest BCUT2D eigenvalue weighted by Gasteiger charge is -2.20. The van der Waals surface area contributed by atoms with Gasteiger partial charge in [-0.25, -0.2) is 4.98 Å². The van der Waals surface area contributed by atoms with Crippen molar-refractivity contribution >= 4 is 65.6 Å². The van der Waals surface area contributed by atoms with Gasteiger partial charge in [-0.05, 0) is 47.4 Å². The van der Waals surface area contributed by atoms with Crippen molar-refractivity contribution in [1.29, 1.82) is 0 Å². The van der Waals surface area contributed by atoms with Crippen LogP contribution in [0, 0.1) is 0 Å². The van der Waals surface area contributed by atoms with Gasteiger partial charge in [-0.1, -0.05) is 151 Å². The number of nitrogens with zero attached hydrogens (tertiary/aromatic N) is 5. The number of benzene rings is 8. The smallest absolute Gasteiger partial charge is 0.238 e. The van der Waals surface area contributed by atoms with Crippen molar-refractivity contribution in [2.24, 2.45) is 0 Å². The normalized spacial score (nSPS) is 16.3. The monoisotopic (exact) mass is 747 g/mol.